The second-order valence-corrected chi connectivity index (χ2v) is 9.40. The van der Waals surface area contributed by atoms with Crippen LogP contribution in [0.15, 0.2) is 35.3 Å². The molecule has 30 heavy (non-hydrogen) atoms. The Kier molecular flexibility index (Phi) is 4.68. The van der Waals surface area contributed by atoms with Crippen LogP contribution in [-0.2, 0) is 5.41 Å². The smallest absolute Gasteiger partial charge is 0.331 e. The molecular weight excluding hydrogens is 374 g/mol. The monoisotopic (exact) mass is 405 g/mol. The standard InChI is InChI=1S/C24H31N5O/c1-4-14-28-22-19(26-20(27-22)16-10-8-9-11-16)21-25-18(15-29(21)23(28)30)24(2,3)17-12-6-5-7-13-17/h5-7,12-13,16,18H,4,8-11,14-15H2,1-3H3,(H,26,27). The van der Waals surface area contributed by atoms with Gasteiger partial charge >= 0.3 is 6.03 Å². The average Bonchev–Trinajstić information content (AvgIpc) is 3.50. The molecular formula is C24H31N5O. The number of hydrogen-bond donors (Lipinski definition) is 1. The van der Waals surface area contributed by atoms with Crippen LogP contribution in [0, 0.1) is 0 Å². The van der Waals surface area contributed by atoms with Crippen molar-refractivity contribution in [1.82, 2.24) is 14.9 Å². The molecule has 3 heterocycles. The molecule has 2 amide bonds. The number of aliphatic imine (C=N–C) groups is 1. The van der Waals surface area contributed by atoms with Gasteiger partial charge in [-0.25, -0.2) is 9.78 Å². The molecule has 1 aliphatic carbocycles. The molecule has 0 saturated heterocycles. The van der Waals surface area contributed by atoms with Crippen molar-refractivity contribution in [3.63, 3.8) is 0 Å². The van der Waals surface area contributed by atoms with Crippen LogP contribution in [0.1, 0.15) is 75.9 Å². The minimum atomic E-state index is -0.171. The van der Waals surface area contributed by atoms with Gasteiger partial charge in [-0.2, -0.15) is 0 Å². The summed E-state index contributed by atoms with van der Waals surface area (Å²) in [6, 6.07) is 10.5. The molecule has 1 aromatic carbocycles. The number of carbonyl (C=O) groups excluding carboxylic acids is 1. The summed E-state index contributed by atoms with van der Waals surface area (Å²) in [6.07, 6.45) is 5.76. The minimum Gasteiger partial charge on any atom is -0.337 e. The van der Waals surface area contributed by atoms with Gasteiger partial charge in [0.1, 0.15) is 11.5 Å². The number of amides is 2. The second kappa shape index (κ2) is 7.25. The molecule has 1 saturated carbocycles. The SMILES string of the molecule is CCCN1C(=O)N2CC(C(C)(C)c3ccccc3)N=C2c2[nH]c(C3CCCC3)nc21. The van der Waals surface area contributed by atoms with Crippen molar-refractivity contribution < 1.29 is 4.79 Å². The summed E-state index contributed by atoms with van der Waals surface area (Å²) < 4.78 is 0. The molecule has 6 nitrogen and oxygen atoms in total. The fourth-order valence-electron chi connectivity index (χ4n) is 5.12. The molecule has 0 bridgehead atoms. The number of carbonyl (C=O) groups is 1. The van der Waals surface area contributed by atoms with E-state index < -0.39 is 0 Å². The van der Waals surface area contributed by atoms with Gasteiger partial charge in [0.05, 0.1) is 12.6 Å². The highest BCUT2D eigenvalue weighted by atomic mass is 16.2. The van der Waals surface area contributed by atoms with Crippen molar-refractivity contribution in [3.8, 4) is 0 Å². The van der Waals surface area contributed by atoms with Crippen LogP contribution in [0.3, 0.4) is 0 Å². The zero-order valence-corrected chi connectivity index (χ0v) is 18.2. The molecule has 1 unspecified atom stereocenters. The molecule has 1 aromatic heterocycles. The van der Waals surface area contributed by atoms with Crippen molar-refractivity contribution >= 4 is 17.7 Å². The third-order valence-corrected chi connectivity index (χ3v) is 7.07. The van der Waals surface area contributed by atoms with Crippen molar-refractivity contribution in [3.05, 3.63) is 47.4 Å². The number of anilines is 1. The van der Waals surface area contributed by atoms with Gasteiger partial charge in [-0.05, 0) is 24.8 Å². The predicted molar refractivity (Wildman–Crippen MR) is 119 cm³/mol. The molecule has 5 rings (SSSR count). The fraction of sp³-hybridized carbons (Fsp3) is 0.542. The number of H-pyrrole nitrogens is 1. The van der Waals surface area contributed by atoms with E-state index in [1.165, 1.54) is 31.2 Å². The quantitative estimate of drug-likeness (QED) is 0.775. The van der Waals surface area contributed by atoms with Gasteiger partial charge in [0.15, 0.2) is 11.7 Å². The zero-order valence-electron chi connectivity index (χ0n) is 18.2. The van der Waals surface area contributed by atoms with E-state index in [4.69, 9.17) is 9.98 Å². The third-order valence-electron chi connectivity index (χ3n) is 7.07. The molecule has 1 N–H and O–H groups in total. The van der Waals surface area contributed by atoms with E-state index in [1.54, 1.807) is 0 Å². The van der Waals surface area contributed by atoms with Crippen LogP contribution >= 0.6 is 0 Å². The number of nitrogens with one attached hydrogen (secondary N) is 1. The molecule has 2 aromatic rings. The number of hydrogen-bond acceptors (Lipinski definition) is 3. The first-order valence-electron chi connectivity index (χ1n) is 11.3. The van der Waals surface area contributed by atoms with Crippen LogP contribution in [0.25, 0.3) is 0 Å². The normalized spacial score (nSPS) is 21.8. The van der Waals surface area contributed by atoms with Crippen molar-refractivity contribution in [2.24, 2.45) is 4.99 Å². The van der Waals surface area contributed by atoms with E-state index in [2.05, 4.69) is 50.0 Å². The molecule has 6 heteroatoms. The lowest BCUT2D eigenvalue weighted by Gasteiger charge is -2.33. The van der Waals surface area contributed by atoms with Gasteiger partial charge in [0.2, 0.25) is 0 Å². The highest BCUT2D eigenvalue weighted by Crippen LogP contribution is 2.39. The van der Waals surface area contributed by atoms with Gasteiger partial charge < -0.3 is 4.98 Å². The second-order valence-electron chi connectivity index (χ2n) is 9.40. The molecule has 0 spiro atoms. The van der Waals surface area contributed by atoms with E-state index in [1.807, 2.05) is 15.9 Å². The van der Waals surface area contributed by atoms with Crippen molar-refractivity contribution in [2.75, 3.05) is 18.0 Å². The topological polar surface area (TPSA) is 64.6 Å². The van der Waals surface area contributed by atoms with Crippen LogP contribution in [0.2, 0.25) is 0 Å². The Morgan fingerprint density at radius 3 is 2.60 bits per heavy atom. The van der Waals surface area contributed by atoms with E-state index >= 15 is 0 Å². The van der Waals surface area contributed by atoms with E-state index in [0.29, 0.717) is 19.0 Å². The summed E-state index contributed by atoms with van der Waals surface area (Å²) >= 11 is 0. The molecule has 1 fully saturated rings. The van der Waals surface area contributed by atoms with Crippen LogP contribution < -0.4 is 4.90 Å². The first kappa shape index (κ1) is 19.3. The third kappa shape index (κ3) is 2.96. The van der Waals surface area contributed by atoms with E-state index in [9.17, 15) is 4.79 Å². The summed E-state index contributed by atoms with van der Waals surface area (Å²) in [5.74, 6) is 3.05. The molecule has 158 valence electrons. The lowest BCUT2D eigenvalue weighted by Crippen LogP contribution is -2.51. The maximum Gasteiger partial charge on any atom is 0.331 e. The number of aromatic nitrogens is 2. The first-order valence-corrected chi connectivity index (χ1v) is 11.3. The number of aromatic amines is 1. The highest BCUT2D eigenvalue weighted by Gasteiger charge is 2.46. The lowest BCUT2D eigenvalue weighted by atomic mass is 9.78. The number of rotatable bonds is 5. The number of nitrogens with zero attached hydrogens (tertiary/aromatic N) is 4. The summed E-state index contributed by atoms with van der Waals surface area (Å²) in [5, 5.41) is 0. The number of urea groups is 1. The number of fused-ring (bicyclic) bond motifs is 3. The number of imidazole rings is 1. The molecule has 2 aliphatic heterocycles. The van der Waals surface area contributed by atoms with Gasteiger partial charge in [-0.1, -0.05) is 63.9 Å². The largest absolute Gasteiger partial charge is 0.337 e. The maximum absolute atomic E-state index is 13.4. The first-order chi connectivity index (χ1) is 14.5. The number of benzene rings is 1. The van der Waals surface area contributed by atoms with E-state index in [0.717, 1.165) is 29.6 Å². The Morgan fingerprint density at radius 1 is 1.17 bits per heavy atom. The summed E-state index contributed by atoms with van der Waals surface area (Å²) in [4.78, 5) is 30.8. The molecule has 1 atom stereocenters. The predicted octanol–water partition coefficient (Wildman–Crippen LogP) is 4.83. The Morgan fingerprint density at radius 2 is 1.90 bits per heavy atom. The number of amidine groups is 1. The Labute approximate surface area is 178 Å². The Bertz CT molecular complexity index is 971. The Hall–Kier alpha value is -2.63. The van der Waals surface area contributed by atoms with Crippen LogP contribution in [0.4, 0.5) is 10.6 Å². The van der Waals surface area contributed by atoms with E-state index in [-0.39, 0.29) is 17.5 Å². The lowest BCUT2D eigenvalue weighted by molar-refractivity contribution is 0.224. The minimum absolute atomic E-state index is 0.00603. The maximum atomic E-state index is 13.4. The molecule has 0 radical (unpaired) electrons. The van der Waals surface area contributed by atoms with Gasteiger partial charge in [-0.3, -0.25) is 14.8 Å². The Balaban J connectivity index is 1.55. The van der Waals surface area contributed by atoms with Crippen molar-refractivity contribution in [2.45, 2.75) is 70.3 Å². The summed E-state index contributed by atoms with van der Waals surface area (Å²) in [5.41, 5.74) is 2.00. The fourth-order valence-corrected chi connectivity index (χ4v) is 5.12. The van der Waals surface area contributed by atoms with Crippen molar-refractivity contribution in [1.29, 1.82) is 0 Å². The highest BCUT2D eigenvalue weighted by molar-refractivity contribution is 6.18. The molecule has 3 aliphatic rings. The summed E-state index contributed by atoms with van der Waals surface area (Å²) in [7, 11) is 0. The summed E-state index contributed by atoms with van der Waals surface area (Å²) in [6.45, 7) is 7.83. The van der Waals surface area contributed by atoms with Crippen LogP contribution in [0.5, 0.6) is 0 Å². The van der Waals surface area contributed by atoms with Crippen LogP contribution in [-0.4, -0.2) is 45.9 Å². The zero-order chi connectivity index (χ0) is 20.9. The van der Waals surface area contributed by atoms with Gasteiger partial charge in [-0.15, -0.1) is 0 Å². The average molecular weight is 406 g/mol. The van der Waals surface area contributed by atoms with Gasteiger partial charge in [0.25, 0.3) is 0 Å². The van der Waals surface area contributed by atoms with Gasteiger partial charge in [0, 0.05) is 17.9 Å².